The molecule has 2 aromatic rings. The maximum Gasteiger partial charge on any atom is 0.281 e. The minimum absolute atomic E-state index is 0.163. The molecule has 0 aromatic carbocycles. The summed E-state index contributed by atoms with van der Waals surface area (Å²) in [6.07, 6.45) is 7.52. The Morgan fingerprint density at radius 2 is 1.70 bits per heavy atom. The molecule has 1 aliphatic heterocycles. The number of anilines is 2. The van der Waals surface area contributed by atoms with Crippen molar-refractivity contribution < 1.29 is 8.42 Å². The zero-order valence-electron chi connectivity index (χ0n) is 20.2. The fourth-order valence-electron chi connectivity index (χ4n) is 4.71. The summed E-state index contributed by atoms with van der Waals surface area (Å²) in [5, 5.41) is 11.9. The minimum Gasteiger partial charge on any atom is -0.367 e. The molecule has 0 spiro atoms. The monoisotopic (exact) mass is 478 g/mol. The normalized spacial score (nSPS) is 23.5. The lowest BCUT2D eigenvalue weighted by molar-refractivity contribution is 0.310. The highest BCUT2D eigenvalue weighted by molar-refractivity contribution is 7.86. The zero-order chi connectivity index (χ0) is 23.8. The second-order valence-electron chi connectivity index (χ2n) is 9.88. The van der Waals surface area contributed by atoms with Crippen molar-refractivity contribution in [2.75, 3.05) is 37.8 Å². The van der Waals surface area contributed by atoms with Gasteiger partial charge in [0.2, 0.25) is 0 Å². The van der Waals surface area contributed by atoms with E-state index in [0.29, 0.717) is 31.1 Å². The molecule has 0 atom stereocenters. The third-order valence-electron chi connectivity index (χ3n) is 6.84. The van der Waals surface area contributed by atoms with Crippen LogP contribution in [-0.4, -0.2) is 76.9 Å². The first kappa shape index (κ1) is 24.2. The second kappa shape index (κ2) is 9.73. The Hall–Kier alpha value is -1.95. The van der Waals surface area contributed by atoms with Crippen molar-refractivity contribution in [3.63, 3.8) is 0 Å². The lowest BCUT2D eigenvalue weighted by Gasteiger charge is -2.33. The Labute approximate surface area is 197 Å². The fourth-order valence-corrected chi connectivity index (χ4v) is 5.84. The van der Waals surface area contributed by atoms with Gasteiger partial charge in [0.05, 0.1) is 6.20 Å². The molecule has 1 saturated carbocycles. The summed E-state index contributed by atoms with van der Waals surface area (Å²) >= 11 is 0. The van der Waals surface area contributed by atoms with E-state index in [9.17, 15) is 8.42 Å². The van der Waals surface area contributed by atoms with Crippen molar-refractivity contribution >= 4 is 27.5 Å². The number of rotatable bonds is 7. The molecule has 33 heavy (non-hydrogen) atoms. The van der Waals surface area contributed by atoms with Crippen molar-refractivity contribution in [3.05, 3.63) is 17.8 Å². The van der Waals surface area contributed by atoms with Gasteiger partial charge in [-0.2, -0.15) is 26.6 Å². The smallest absolute Gasteiger partial charge is 0.281 e. The summed E-state index contributed by atoms with van der Waals surface area (Å²) in [7, 11) is -0.221. The maximum atomic E-state index is 12.4. The van der Waals surface area contributed by atoms with Crippen LogP contribution in [0.4, 0.5) is 11.6 Å². The van der Waals surface area contributed by atoms with E-state index in [1.165, 1.54) is 4.31 Å². The van der Waals surface area contributed by atoms with Crippen LogP contribution in [0.3, 0.4) is 0 Å². The Balaban J connectivity index is 1.54. The van der Waals surface area contributed by atoms with Crippen LogP contribution in [0, 0.1) is 0 Å². The molecule has 4 rings (SSSR count). The van der Waals surface area contributed by atoms with Crippen LogP contribution in [0.15, 0.2) is 12.3 Å². The van der Waals surface area contributed by atoms with Gasteiger partial charge in [-0.1, -0.05) is 13.8 Å². The van der Waals surface area contributed by atoms with E-state index < -0.39 is 10.2 Å². The number of nitrogens with zero attached hydrogens (tertiary/aromatic N) is 5. The van der Waals surface area contributed by atoms with Gasteiger partial charge in [0.25, 0.3) is 10.2 Å². The fraction of sp³-hybridized carbons (Fsp3) is 0.727. The van der Waals surface area contributed by atoms with Crippen molar-refractivity contribution in [3.8, 4) is 0 Å². The van der Waals surface area contributed by atoms with Gasteiger partial charge in [-0.25, -0.2) is 4.98 Å². The van der Waals surface area contributed by atoms with E-state index >= 15 is 0 Å². The topological polar surface area (TPSA) is 121 Å². The van der Waals surface area contributed by atoms with Gasteiger partial charge in [0, 0.05) is 56.9 Å². The molecule has 4 N–H and O–H groups in total. The van der Waals surface area contributed by atoms with Crippen LogP contribution in [0.5, 0.6) is 0 Å². The van der Waals surface area contributed by atoms with Gasteiger partial charge < -0.3 is 16.4 Å². The third-order valence-corrected chi connectivity index (χ3v) is 8.78. The summed E-state index contributed by atoms with van der Waals surface area (Å²) in [6, 6.07) is 2.87. The number of hydrogen-bond acceptors (Lipinski definition) is 7. The van der Waals surface area contributed by atoms with Crippen molar-refractivity contribution in [1.29, 1.82) is 0 Å². The Bertz CT molecular complexity index is 1050. The first-order valence-corrected chi connectivity index (χ1v) is 13.4. The highest BCUT2D eigenvalue weighted by atomic mass is 32.2. The molecule has 0 unspecified atom stereocenters. The zero-order valence-corrected chi connectivity index (χ0v) is 21.0. The van der Waals surface area contributed by atoms with E-state index in [0.717, 1.165) is 61.4 Å². The molecule has 0 amide bonds. The van der Waals surface area contributed by atoms with E-state index in [4.69, 9.17) is 10.7 Å². The van der Waals surface area contributed by atoms with Crippen LogP contribution in [0.2, 0.25) is 0 Å². The van der Waals surface area contributed by atoms with Gasteiger partial charge in [0.15, 0.2) is 5.65 Å². The number of piperidine rings is 1. The maximum absolute atomic E-state index is 12.4. The van der Waals surface area contributed by atoms with Crippen LogP contribution >= 0.6 is 0 Å². The Kier molecular flexibility index (Phi) is 7.13. The van der Waals surface area contributed by atoms with Crippen molar-refractivity contribution in [2.45, 2.75) is 76.4 Å². The summed E-state index contributed by atoms with van der Waals surface area (Å²) in [6.45, 7) is 5.29. The number of fused-ring (bicyclic) bond motifs is 1. The molecular weight excluding hydrogens is 440 g/mol. The van der Waals surface area contributed by atoms with Crippen LogP contribution < -0.4 is 16.4 Å². The van der Waals surface area contributed by atoms with E-state index in [1.807, 2.05) is 16.8 Å². The van der Waals surface area contributed by atoms with Crippen LogP contribution in [0.1, 0.15) is 63.9 Å². The highest BCUT2D eigenvalue weighted by Crippen LogP contribution is 2.28. The van der Waals surface area contributed by atoms with Gasteiger partial charge in [0.1, 0.15) is 11.6 Å². The quantitative estimate of drug-likeness (QED) is 0.558. The molecule has 1 saturated heterocycles. The number of aromatic nitrogens is 3. The van der Waals surface area contributed by atoms with Crippen LogP contribution in [-0.2, 0) is 10.2 Å². The molecule has 0 radical (unpaired) electrons. The largest absolute Gasteiger partial charge is 0.367 e. The van der Waals surface area contributed by atoms with Gasteiger partial charge >= 0.3 is 0 Å². The molecule has 184 valence electrons. The predicted octanol–water partition coefficient (Wildman–Crippen LogP) is 2.22. The average Bonchev–Trinajstić information content (AvgIpc) is 3.20. The van der Waals surface area contributed by atoms with E-state index in [-0.39, 0.29) is 6.04 Å². The lowest BCUT2D eigenvalue weighted by atomic mass is 9.92. The molecule has 0 bridgehead atoms. The summed E-state index contributed by atoms with van der Waals surface area (Å²) in [5.74, 6) is 2.04. The number of nitrogens with one attached hydrogen (secondary N) is 2. The Morgan fingerprint density at radius 1 is 1.06 bits per heavy atom. The molecule has 10 nitrogen and oxygen atoms in total. The van der Waals surface area contributed by atoms with Crippen molar-refractivity contribution in [2.24, 2.45) is 5.73 Å². The SMILES string of the molecule is CC(C)c1cnn2c(NC3CCN(S(=O)(=O)N(C)C)CC3)cc(N[C@H]3CC[C@H](N)CC3)nc12. The second-order valence-corrected chi connectivity index (χ2v) is 12.0. The molecule has 11 heteroatoms. The lowest BCUT2D eigenvalue weighted by Crippen LogP contribution is -2.46. The number of nitrogens with two attached hydrogens (primary N) is 1. The average molecular weight is 479 g/mol. The molecule has 3 heterocycles. The van der Waals surface area contributed by atoms with Crippen molar-refractivity contribution in [1.82, 2.24) is 23.2 Å². The molecule has 2 fully saturated rings. The molecule has 1 aliphatic carbocycles. The predicted molar refractivity (Wildman–Crippen MR) is 132 cm³/mol. The van der Waals surface area contributed by atoms with E-state index in [2.05, 4.69) is 29.6 Å². The Morgan fingerprint density at radius 3 is 2.30 bits per heavy atom. The first-order valence-electron chi connectivity index (χ1n) is 12.0. The first-order chi connectivity index (χ1) is 15.6. The number of hydrogen-bond donors (Lipinski definition) is 3. The molecule has 2 aliphatic rings. The standard InChI is InChI=1S/C22H38N8O2S/c1-15(2)19-14-24-30-21(26-18-9-11-29(12-10-18)33(31,32)28(3)4)13-20(27-22(19)30)25-17-7-5-16(23)6-8-17/h13-18,26H,5-12,23H2,1-4H3,(H,25,27)/t16-,17-. The van der Waals surface area contributed by atoms with Crippen LogP contribution in [0.25, 0.3) is 5.65 Å². The van der Waals surface area contributed by atoms with Gasteiger partial charge in [-0.05, 0) is 44.4 Å². The molecular formula is C22H38N8O2S. The third kappa shape index (κ3) is 5.26. The summed E-state index contributed by atoms with van der Waals surface area (Å²) < 4.78 is 29.6. The highest BCUT2D eigenvalue weighted by Gasteiger charge is 2.30. The summed E-state index contributed by atoms with van der Waals surface area (Å²) in [4.78, 5) is 4.91. The summed E-state index contributed by atoms with van der Waals surface area (Å²) in [5.41, 5.74) is 8.05. The van der Waals surface area contributed by atoms with Gasteiger partial charge in [-0.15, -0.1) is 0 Å². The van der Waals surface area contributed by atoms with Gasteiger partial charge in [-0.3, -0.25) is 0 Å². The molecule has 2 aromatic heterocycles. The minimum atomic E-state index is -3.37. The van der Waals surface area contributed by atoms with E-state index in [1.54, 1.807) is 18.4 Å².